The third-order valence-electron chi connectivity index (χ3n) is 2.10. The SMILES string of the molecule is CCCNC(C#N)COc1ccc(F)cc1F. The summed E-state index contributed by atoms with van der Waals surface area (Å²) in [4.78, 5) is 0. The van der Waals surface area contributed by atoms with Gasteiger partial charge in [0.05, 0.1) is 6.07 Å². The molecule has 17 heavy (non-hydrogen) atoms. The number of nitriles is 1. The second-order valence-electron chi connectivity index (χ2n) is 3.52. The van der Waals surface area contributed by atoms with E-state index < -0.39 is 17.7 Å². The van der Waals surface area contributed by atoms with E-state index in [2.05, 4.69) is 5.32 Å². The molecule has 0 aromatic heterocycles. The summed E-state index contributed by atoms with van der Waals surface area (Å²) in [5, 5.41) is 11.7. The van der Waals surface area contributed by atoms with Crippen LogP contribution in [0.3, 0.4) is 0 Å². The smallest absolute Gasteiger partial charge is 0.167 e. The third-order valence-corrected chi connectivity index (χ3v) is 2.10. The standard InChI is InChI=1S/C12H14F2N2O/c1-2-5-16-10(7-15)8-17-12-4-3-9(13)6-11(12)14/h3-4,6,10,16H,2,5,8H2,1H3. The molecule has 0 bridgehead atoms. The van der Waals surface area contributed by atoms with Gasteiger partial charge in [0.2, 0.25) is 0 Å². The van der Waals surface area contributed by atoms with Crippen LogP contribution >= 0.6 is 0 Å². The van der Waals surface area contributed by atoms with E-state index in [0.29, 0.717) is 6.54 Å². The zero-order chi connectivity index (χ0) is 12.7. The molecule has 0 amide bonds. The van der Waals surface area contributed by atoms with Crippen molar-refractivity contribution in [3.63, 3.8) is 0 Å². The predicted octanol–water partition coefficient (Wildman–Crippen LogP) is 2.24. The van der Waals surface area contributed by atoms with Crippen LogP contribution in [0.15, 0.2) is 18.2 Å². The van der Waals surface area contributed by atoms with E-state index in [1.807, 2.05) is 13.0 Å². The molecule has 0 saturated heterocycles. The summed E-state index contributed by atoms with van der Waals surface area (Å²) in [5.74, 6) is -1.47. The minimum absolute atomic E-state index is 0.0268. The maximum atomic E-state index is 13.2. The predicted molar refractivity (Wildman–Crippen MR) is 59.5 cm³/mol. The lowest BCUT2D eigenvalue weighted by atomic mass is 10.3. The van der Waals surface area contributed by atoms with Gasteiger partial charge in [-0.3, -0.25) is 5.32 Å². The van der Waals surface area contributed by atoms with Gasteiger partial charge >= 0.3 is 0 Å². The number of ether oxygens (including phenoxy) is 1. The summed E-state index contributed by atoms with van der Waals surface area (Å²) in [6.45, 7) is 2.69. The Hall–Kier alpha value is -1.67. The van der Waals surface area contributed by atoms with Crippen molar-refractivity contribution in [2.45, 2.75) is 19.4 Å². The van der Waals surface area contributed by atoms with E-state index in [0.717, 1.165) is 18.6 Å². The Morgan fingerprint density at radius 3 is 2.82 bits per heavy atom. The maximum Gasteiger partial charge on any atom is 0.167 e. The summed E-state index contributed by atoms with van der Waals surface area (Å²) < 4.78 is 30.9. The van der Waals surface area contributed by atoms with Crippen LogP contribution in [0.1, 0.15) is 13.3 Å². The number of hydrogen-bond donors (Lipinski definition) is 1. The topological polar surface area (TPSA) is 45.0 Å². The number of nitrogens with one attached hydrogen (secondary N) is 1. The average molecular weight is 240 g/mol. The van der Waals surface area contributed by atoms with E-state index in [1.54, 1.807) is 0 Å². The molecule has 1 aromatic rings. The first-order chi connectivity index (χ1) is 8.17. The van der Waals surface area contributed by atoms with E-state index in [4.69, 9.17) is 10.00 Å². The minimum atomic E-state index is -0.766. The van der Waals surface area contributed by atoms with Crippen LogP contribution in [0.2, 0.25) is 0 Å². The number of benzene rings is 1. The lowest BCUT2D eigenvalue weighted by molar-refractivity contribution is 0.276. The van der Waals surface area contributed by atoms with E-state index in [1.165, 1.54) is 6.07 Å². The quantitative estimate of drug-likeness (QED) is 0.829. The van der Waals surface area contributed by atoms with Crippen molar-refractivity contribution in [3.8, 4) is 11.8 Å². The van der Waals surface area contributed by atoms with Gasteiger partial charge in [0.1, 0.15) is 18.5 Å². The number of hydrogen-bond acceptors (Lipinski definition) is 3. The van der Waals surface area contributed by atoms with Gasteiger partial charge in [0.25, 0.3) is 0 Å². The molecule has 92 valence electrons. The van der Waals surface area contributed by atoms with Crippen molar-refractivity contribution in [1.29, 1.82) is 5.26 Å². The molecule has 1 aromatic carbocycles. The molecule has 0 aliphatic heterocycles. The molecule has 0 saturated carbocycles. The van der Waals surface area contributed by atoms with Crippen molar-refractivity contribution >= 4 is 0 Å². The summed E-state index contributed by atoms with van der Waals surface area (Å²) in [6.07, 6.45) is 0.892. The first-order valence-electron chi connectivity index (χ1n) is 5.38. The highest BCUT2D eigenvalue weighted by Gasteiger charge is 2.09. The normalized spacial score (nSPS) is 11.9. The average Bonchev–Trinajstić information content (AvgIpc) is 2.31. The van der Waals surface area contributed by atoms with Gasteiger partial charge in [-0.1, -0.05) is 6.92 Å². The number of rotatable bonds is 6. The molecule has 0 heterocycles. The molecule has 1 rings (SSSR count). The van der Waals surface area contributed by atoms with Crippen LogP contribution in [-0.4, -0.2) is 19.2 Å². The van der Waals surface area contributed by atoms with E-state index >= 15 is 0 Å². The molecule has 0 aliphatic carbocycles. The fraction of sp³-hybridized carbons (Fsp3) is 0.417. The summed E-state index contributed by atoms with van der Waals surface area (Å²) in [6, 6.07) is 4.57. The second kappa shape index (κ2) is 6.81. The number of halogens is 2. The molecule has 1 atom stereocenters. The Balaban J connectivity index is 2.51. The van der Waals surface area contributed by atoms with Crippen molar-refractivity contribution < 1.29 is 13.5 Å². The van der Waals surface area contributed by atoms with Crippen LogP contribution in [0.25, 0.3) is 0 Å². The lowest BCUT2D eigenvalue weighted by Gasteiger charge is -2.12. The molecule has 0 radical (unpaired) electrons. The molecular formula is C12H14F2N2O. The minimum Gasteiger partial charge on any atom is -0.488 e. The monoisotopic (exact) mass is 240 g/mol. The molecule has 0 fully saturated rings. The van der Waals surface area contributed by atoms with Crippen molar-refractivity contribution in [1.82, 2.24) is 5.32 Å². The van der Waals surface area contributed by atoms with Crippen LogP contribution in [-0.2, 0) is 0 Å². The zero-order valence-electron chi connectivity index (χ0n) is 9.54. The second-order valence-corrected chi connectivity index (χ2v) is 3.52. The van der Waals surface area contributed by atoms with Crippen LogP contribution in [0.4, 0.5) is 8.78 Å². The van der Waals surface area contributed by atoms with Gasteiger partial charge in [-0.15, -0.1) is 0 Å². The Morgan fingerprint density at radius 2 is 2.24 bits per heavy atom. The van der Waals surface area contributed by atoms with Crippen LogP contribution in [0.5, 0.6) is 5.75 Å². The summed E-state index contributed by atoms with van der Waals surface area (Å²) in [7, 11) is 0. The molecule has 1 unspecified atom stereocenters. The van der Waals surface area contributed by atoms with Gasteiger partial charge in [-0.25, -0.2) is 8.78 Å². The highest BCUT2D eigenvalue weighted by molar-refractivity contribution is 5.24. The molecule has 1 N–H and O–H groups in total. The zero-order valence-corrected chi connectivity index (χ0v) is 9.54. The van der Waals surface area contributed by atoms with Crippen LogP contribution < -0.4 is 10.1 Å². The van der Waals surface area contributed by atoms with E-state index in [9.17, 15) is 8.78 Å². The Morgan fingerprint density at radius 1 is 1.47 bits per heavy atom. The van der Waals surface area contributed by atoms with Gasteiger partial charge < -0.3 is 4.74 Å². The third kappa shape index (κ3) is 4.37. The highest BCUT2D eigenvalue weighted by atomic mass is 19.1. The Bertz CT molecular complexity index is 404. The largest absolute Gasteiger partial charge is 0.488 e. The van der Waals surface area contributed by atoms with Gasteiger partial charge in [0, 0.05) is 6.07 Å². The first-order valence-corrected chi connectivity index (χ1v) is 5.38. The van der Waals surface area contributed by atoms with Gasteiger partial charge in [-0.2, -0.15) is 5.26 Å². The van der Waals surface area contributed by atoms with Crippen molar-refractivity contribution in [2.24, 2.45) is 0 Å². The summed E-state index contributed by atoms with van der Waals surface area (Å²) >= 11 is 0. The molecular weight excluding hydrogens is 226 g/mol. The van der Waals surface area contributed by atoms with Crippen molar-refractivity contribution in [2.75, 3.05) is 13.2 Å². The Labute approximate surface area is 99.0 Å². The van der Waals surface area contributed by atoms with Gasteiger partial charge in [-0.05, 0) is 25.1 Å². The van der Waals surface area contributed by atoms with Gasteiger partial charge in [0.15, 0.2) is 11.6 Å². The van der Waals surface area contributed by atoms with Crippen molar-refractivity contribution in [3.05, 3.63) is 29.8 Å². The molecule has 3 nitrogen and oxygen atoms in total. The highest BCUT2D eigenvalue weighted by Crippen LogP contribution is 2.17. The molecule has 0 aliphatic rings. The van der Waals surface area contributed by atoms with Crippen LogP contribution in [0, 0.1) is 23.0 Å². The Kier molecular flexibility index (Phi) is 5.37. The molecule has 0 spiro atoms. The maximum absolute atomic E-state index is 13.2. The molecule has 5 heteroatoms. The number of nitrogens with zero attached hydrogens (tertiary/aromatic N) is 1. The summed E-state index contributed by atoms with van der Waals surface area (Å²) in [5.41, 5.74) is 0. The first kappa shape index (κ1) is 13.4. The fourth-order valence-electron chi connectivity index (χ4n) is 1.23. The fourth-order valence-corrected chi connectivity index (χ4v) is 1.23. The van der Waals surface area contributed by atoms with E-state index in [-0.39, 0.29) is 12.4 Å². The lowest BCUT2D eigenvalue weighted by Crippen LogP contribution is -2.33.